The lowest BCUT2D eigenvalue weighted by Gasteiger charge is -2.28. The van der Waals surface area contributed by atoms with Crippen LogP contribution in [0.2, 0.25) is 0 Å². The molecule has 2 aliphatic rings. The van der Waals surface area contributed by atoms with Crippen LogP contribution < -0.4 is 10.6 Å². The largest absolute Gasteiger partial charge is 0.330 e. The van der Waals surface area contributed by atoms with E-state index in [9.17, 15) is 14.4 Å². The van der Waals surface area contributed by atoms with E-state index in [1.54, 1.807) is 0 Å². The molecule has 0 radical (unpaired) electrons. The smallest absolute Gasteiger partial charge is 0.316 e. The van der Waals surface area contributed by atoms with Crippen molar-refractivity contribution in [3.63, 3.8) is 0 Å². The number of carbonyl (C=O) groups excluding carboxylic acids is 3. The first-order chi connectivity index (χ1) is 11.1. The number of hydrogen-bond donors (Lipinski definition) is 2. The zero-order valence-corrected chi connectivity index (χ0v) is 13.0. The van der Waals surface area contributed by atoms with Gasteiger partial charge in [0.2, 0.25) is 5.91 Å². The third-order valence-corrected chi connectivity index (χ3v) is 4.56. The van der Waals surface area contributed by atoms with Crippen molar-refractivity contribution in [3.05, 3.63) is 35.4 Å². The first kappa shape index (κ1) is 15.7. The highest BCUT2D eigenvalue weighted by atomic mass is 16.2. The van der Waals surface area contributed by atoms with Crippen LogP contribution in [0.25, 0.3) is 0 Å². The number of fused-ring (bicyclic) bond motifs is 1. The van der Waals surface area contributed by atoms with Crippen LogP contribution in [0.15, 0.2) is 24.3 Å². The molecule has 2 heterocycles. The van der Waals surface area contributed by atoms with Gasteiger partial charge in [0, 0.05) is 19.0 Å². The van der Waals surface area contributed by atoms with E-state index in [-0.39, 0.29) is 11.8 Å². The number of hydrogen-bond acceptors (Lipinski definition) is 4. The van der Waals surface area contributed by atoms with E-state index in [1.807, 2.05) is 24.3 Å². The van der Waals surface area contributed by atoms with Gasteiger partial charge in [-0.25, -0.2) is 0 Å². The van der Waals surface area contributed by atoms with Gasteiger partial charge in [0.05, 0.1) is 0 Å². The molecule has 1 aromatic carbocycles. The lowest BCUT2D eigenvalue weighted by Crippen LogP contribution is -2.49. The molecule has 0 unspecified atom stereocenters. The van der Waals surface area contributed by atoms with Gasteiger partial charge in [-0.05, 0) is 43.5 Å². The molecule has 0 saturated carbocycles. The molecule has 2 N–H and O–H groups in total. The van der Waals surface area contributed by atoms with Crippen molar-refractivity contribution in [2.45, 2.75) is 25.8 Å². The molecule has 122 valence electrons. The summed E-state index contributed by atoms with van der Waals surface area (Å²) in [5.74, 6) is -1.95. The highest BCUT2D eigenvalue weighted by Crippen LogP contribution is 2.18. The predicted molar refractivity (Wildman–Crippen MR) is 84.3 cm³/mol. The fourth-order valence-electron chi connectivity index (χ4n) is 3.16. The average Bonchev–Trinajstić information content (AvgIpc) is 2.61. The zero-order valence-electron chi connectivity index (χ0n) is 13.0. The average molecular weight is 315 g/mol. The molecular weight excluding hydrogens is 294 g/mol. The fourth-order valence-corrected chi connectivity index (χ4v) is 3.16. The predicted octanol–water partition coefficient (Wildman–Crippen LogP) is 0.214. The Labute approximate surface area is 135 Å². The number of carbonyl (C=O) groups is 3. The Morgan fingerprint density at radius 1 is 1.09 bits per heavy atom. The van der Waals surface area contributed by atoms with Crippen molar-refractivity contribution in [2.24, 2.45) is 5.92 Å². The highest BCUT2D eigenvalue weighted by Gasteiger charge is 2.29. The highest BCUT2D eigenvalue weighted by molar-refractivity contribution is 6.37. The number of nitrogens with one attached hydrogen (secondary N) is 2. The fraction of sp³-hybridized carbons (Fsp3) is 0.471. The third kappa shape index (κ3) is 3.59. The monoisotopic (exact) mass is 315 g/mol. The van der Waals surface area contributed by atoms with Crippen LogP contribution in [-0.4, -0.2) is 42.3 Å². The second kappa shape index (κ2) is 6.91. The number of benzene rings is 1. The van der Waals surface area contributed by atoms with Gasteiger partial charge in [-0.15, -0.1) is 0 Å². The molecule has 1 aromatic rings. The van der Waals surface area contributed by atoms with Gasteiger partial charge in [-0.2, -0.15) is 0 Å². The van der Waals surface area contributed by atoms with Gasteiger partial charge in [-0.3, -0.25) is 19.7 Å². The Hall–Kier alpha value is -2.21. The molecule has 6 nitrogen and oxygen atoms in total. The molecule has 6 heteroatoms. The second-order valence-electron chi connectivity index (χ2n) is 6.09. The summed E-state index contributed by atoms with van der Waals surface area (Å²) in [6.45, 7) is 2.46. The van der Waals surface area contributed by atoms with Gasteiger partial charge in [0.1, 0.15) is 0 Å². The van der Waals surface area contributed by atoms with E-state index >= 15 is 0 Å². The molecule has 0 aromatic heterocycles. The maximum Gasteiger partial charge on any atom is 0.316 e. The maximum absolute atomic E-state index is 12.3. The van der Waals surface area contributed by atoms with Gasteiger partial charge in [-0.1, -0.05) is 24.3 Å². The summed E-state index contributed by atoms with van der Waals surface area (Å²) in [5, 5.41) is 5.44. The first-order valence-corrected chi connectivity index (χ1v) is 8.07. The van der Waals surface area contributed by atoms with E-state index in [0.29, 0.717) is 25.9 Å². The van der Waals surface area contributed by atoms with Gasteiger partial charge in [0.15, 0.2) is 0 Å². The molecule has 3 rings (SSSR count). The first-order valence-electron chi connectivity index (χ1n) is 8.07. The van der Waals surface area contributed by atoms with E-state index in [4.69, 9.17) is 0 Å². The maximum atomic E-state index is 12.3. The van der Waals surface area contributed by atoms with Crippen molar-refractivity contribution >= 4 is 17.7 Å². The molecular formula is C17H21N3O3. The van der Waals surface area contributed by atoms with E-state index < -0.39 is 11.8 Å². The molecule has 3 amide bonds. The molecule has 2 aliphatic heterocycles. The van der Waals surface area contributed by atoms with Crippen LogP contribution >= 0.6 is 0 Å². The van der Waals surface area contributed by atoms with Gasteiger partial charge in [0.25, 0.3) is 0 Å². The van der Waals surface area contributed by atoms with Gasteiger partial charge >= 0.3 is 11.8 Å². The minimum Gasteiger partial charge on any atom is -0.330 e. The van der Waals surface area contributed by atoms with Crippen LogP contribution in [-0.2, 0) is 27.3 Å². The third-order valence-electron chi connectivity index (χ3n) is 4.56. The minimum atomic E-state index is -0.812. The Morgan fingerprint density at radius 2 is 1.78 bits per heavy atom. The minimum absolute atomic E-state index is 0.185. The Morgan fingerprint density at radius 3 is 2.52 bits per heavy atom. The lowest BCUT2D eigenvalue weighted by atomic mass is 9.97. The van der Waals surface area contributed by atoms with Crippen molar-refractivity contribution in [1.82, 2.24) is 15.5 Å². The van der Waals surface area contributed by atoms with Crippen LogP contribution in [0.5, 0.6) is 0 Å². The van der Waals surface area contributed by atoms with E-state index in [2.05, 4.69) is 10.6 Å². The summed E-state index contributed by atoms with van der Waals surface area (Å²) in [7, 11) is 0. The van der Waals surface area contributed by atoms with Crippen LogP contribution in [0.1, 0.15) is 24.0 Å². The number of amides is 3. The number of piperidine rings is 1. The summed E-state index contributed by atoms with van der Waals surface area (Å²) >= 11 is 0. The molecule has 0 aliphatic carbocycles. The molecule has 0 spiro atoms. The number of imide groups is 1. The summed E-state index contributed by atoms with van der Waals surface area (Å²) in [6.07, 6.45) is 2.13. The van der Waals surface area contributed by atoms with Gasteiger partial charge < -0.3 is 10.2 Å². The van der Waals surface area contributed by atoms with Crippen LogP contribution in [0.4, 0.5) is 0 Å². The summed E-state index contributed by atoms with van der Waals surface area (Å²) in [6, 6.07) is 7.90. The molecule has 0 bridgehead atoms. The molecule has 0 atom stereocenters. The molecule has 1 fully saturated rings. The number of rotatable bonds is 1. The van der Waals surface area contributed by atoms with Crippen LogP contribution in [0, 0.1) is 5.92 Å². The topological polar surface area (TPSA) is 78.5 Å². The lowest BCUT2D eigenvalue weighted by molar-refractivity contribution is -0.149. The quantitative estimate of drug-likeness (QED) is 0.727. The van der Waals surface area contributed by atoms with Crippen LogP contribution in [0.3, 0.4) is 0 Å². The second-order valence-corrected chi connectivity index (χ2v) is 6.09. The van der Waals surface area contributed by atoms with Crippen molar-refractivity contribution < 1.29 is 14.4 Å². The van der Waals surface area contributed by atoms with Crippen molar-refractivity contribution in [1.29, 1.82) is 0 Å². The van der Waals surface area contributed by atoms with Crippen molar-refractivity contribution in [3.8, 4) is 0 Å². The molecule has 1 saturated heterocycles. The molecule has 23 heavy (non-hydrogen) atoms. The summed E-state index contributed by atoms with van der Waals surface area (Å²) in [4.78, 5) is 37.9. The summed E-state index contributed by atoms with van der Waals surface area (Å²) < 4.78 is 0. The standard InChI is InChI=1S/C17H21N3O3/c21-15(13-5-8-18-9-6-13)19-16(22)17(23)20-10-7-12-3-1-2-4-14(12)11-20/h1-4,13,18H,5-11H2,(H,19,21,22). The summed E-state index contributed by atoms with van der Waals surface area (Å²) in [5.41, 5.74) is 2.27. The Balaban J connectivity index is 1.57. The zero-order chi connectivity index (χ0) is 16.2. The van der Waals surface area contributed by atoms with E-state index in [0.717, 1.165) is 25.1 Å². The van der Waals surface area contributed by atoms with Crippen molar-refractivity contribution in [2.75, 3.05) is 19.6 Å². The number of nitrogens with zero attached hydrogens (tertiary/aromatic N) is 1. The Kier molecular flexibility index (Phi) is 4.71. The van der Waals surface area contributed by atoms with E-state index in [1.165, 1.54) is 10.5 Å². The SMILES string of the molecule is O=C(NC(=O)C1CCNCC1)C(=O)N1CCc2ccccc2C1. The Bertz CT molecular complexity index is 623. The normalized spacial score (nSPS) is 18.2.